The Morgan fingerprint density at radius 2 is 2.00 bits per heavy atom. The molecule has 0 aromatic heterocycles. The minimum atomic E-state index is -0.367. The molecule has 1 fully saturated rings. The minimum Gasteiger partial charge on any atom is -0.329 e. The predicted octanol–water partition coefficient (Wildman–Crippen LogP) is -0.0175. The van der Waals surface area contributed by atoms with Crippen molar-refractivity contribution in [3.8, 4) is 0 Å². The molecule has 0 unspecified atom stereocenters. The number of hydrogen-bond donors (Lipinski definition) is 1. The maximum absolute atomic E-state index is 11.6. The number of carbonyl (C=O) groups is 2. The molecule has 1 aliphatic heterocycles. The van der Waals surface area contributed by atoms with Crippen molar-refractivity contribution >= 4 is 11.8 Å². The molecule has 0 aromatic rings. The number of allylic oxidation sites excluding steroid dienone is 2. The molecule has 0 atom stereocenters. The summed E-state index contributed by atoms with van der Waals surface area (Å²) in [4.78, 5) is 24.1. The van der Waals surface area contributed by atoms with Crippen molar-refractivity contribution < 1.29 is 9.59 Å². The molecule has 74 valence electrons. The largest absolute Gasteiger partial charge is 0.329 e. The number of carbonyl (C=O) groups excluding carboxylic acids is 2. The summed E-state index contributed by atoms with van der Waals surface area (Å²) in [5.41, 5.74) is 5.80. The third kappa shape index (κ3) is 1.52. The molecular weight excluding hydrogens is 180 g/mol. The first-order chi connectivity index (χ1) is 6.63. The van der Waals surface area contributed by atoms with Gasteiger partial charge in [-0.15, -0.1) is 0 Å². The number of nitrogens with zero attached hydrogens (tertiary/aromatic N) is 1. The molecule has 0 aliphatic carbocycles. The van der Waals surface area contributed by atoms with Crippen LogP contribution in [0.3, 0.4) is 0 Å². The first-order valence-electron chi connectivity index (χ1n) is 4.21. The molecular formula is C10H12N2O2. The lowest BCUT2D eigenvalue weighted by molar-refractivity contribution is -0.136. The van der Waals surface area contributed by atoms with E-state index in [2.05, 4.69) is 13.2 Å². The zero-order valence-corrected chi connectivity index (χ0v) is 7.82. The molecule has 0 bridgehead atoms. The van der Waals surface area contributed by atoms with Gasteiger partial charge in [-0.1, -0.05) is 19.2 Å². The summed E-state index contributed by atoms with van der Waals surface area (Å²) in [6.45, 7) is 7.50. The first kappa shape index (κ1) is 10.4. The lowest BCUT2D eigenvalue weighted by Crippen LogP contribution is -2.34. The van der Waals surface area contributed by atoms with Gasteiger partial charge in [-0.05, 0) is 6.08 Å². The van der Waals surface area contributed by atoms with Crippen LogP contribution in [0.15, 0.2) is 36.5 Å². The Hall–Kier alpha value is -1.68. The number of amides is 2. The Balaban J connectivity index is 3.03. The maximum Gasteiger partial charge on any atom is 0.261 e. The summed E-state index contributed by atoms with van der Waals surface area (Å²) in [6.07, 6.45) is 2.94. The van der Waals surface area contributed by atoms with Gasteiger partial charge in [0.15, 0.2) is 0 Å². The van der Waals surface area contributed by atoms with E-state index in [1.54, 1.807) is 0 Å². The number of rotatable bonds is 3. The van der Waals surface area contributed by atoms with Gasteiger partial charge < -0.3 is 5.73 Å². The predicted molar refractivity (Wildman–Crippen MR) is 53.2 cm³/mol. The van der Waals surface area contributed by atoms with Gasteiger partial charge in [0.2, 0.25) is 0 Å². The number of likely N-dealkylation sites (tertiary alicyclic amines) is 1. The van der Waals surface area contributed by atoms with Crippen LogP contribution in [0.2, 0.25) is 0 Å². The number of nitrogens with two attached hydrogens (primary N) is 1. The van der Waals surface area contributed by atoms with Crippen LogP contribution in [0.25, 0.3) is 0 Å². The quantitative estimate of drug-likeness (QED) is 0.505. The second-order valence-electron chi connectivity index (χ2n) is 2.85. The molecule has 1 rings (SSSR count). The van der Waals surface area contributed by atoms with Gasteiger partial charge in [0.1, 0.15) is 0 Å². The van der Waals surface area contributed by atoms with E-state index in [0.717, 1.165) is 4.90 Å². The maximum atomic E-state index is 11.6. The Labute approximate surface area is 82.4 Å². The van der Waals surface area contributed by atoms with Crippen LogP contribution in [-0.4, -0.2) is 29.8 Å². The molecule has 0 saturated carbocycles. The summed E-state index contributed by atoms with van der Waals surface area (Å²) in [6, 6.07) is 0. The molecule has 1 aliphatic rings. The summed E-state index contributed by atoms with van der Waals surface area (Å²) in [5.74, 6) is -0.709. The van der Waals surface area contributed by atoms with E-state index in [1.807, 2.05) is 0 Å². The van der Waals surface area contributed by atoms with Gasteiger partial charge in [0, 0.05) is 18.7 Å². The molecule has 1 saturated heterocycles. The fraction of sp³-hybridized carbons (Fsp3) is 0.200. The monoisotopic (exact) mass is 192 g/mol. The van der Waals surface area contributed by atoms with Crippen molar-refractivity contribution in [2.45, 2.75) is 0 Å². The summed E-state index contributed by atoms with van der Waals surface area (Å²) < 4.78 is 0. The Bertz CT molecular complexity index is 342. The van der Waals surface area contributed by atoms with Crippen molar-refractivity contribution in [1.29, 1.82) is 0 Å². The molecule has 1 heterocycles. The standard InChI is InChI=1S/C10H12N2O2/c1-3-4-8-7(2)9(13)12(6-5-11)10(8)14/h3-4H,1-2,5-6,11H2/b8-4+. The molecule has 14 heavy (non-hydrogen) atoms. The van der Waals surface area contributed by atoms with Gasteiger partial charge in [0.05, 0.1) is 5.57 Å². The molecule has 4 nitrogen and oxygen atoms in total. The third-order valence-electron chi connectivity index (χ3n) is 1.94. The van der Waals surface area contributed by atoms with Crippen molar-refractivity contribution in [1.82, 2.24) is 4.90 Å². The third-order valence-corrected chi connectivity index (χ3v) is 1.94. The van der Waals surface area contributed by atoms with Crippen LogP contribution in [0.4, 0.5) is 0 Å². The Morgan fingerprint density at radius 1 is 1.36 bits per heavy atom. The normalized spacial score (nSPS) is 19.6. The van der Waals surface area contributed by atoms with E-state index in [1.165, 1.54) is 12.2 Å². The molecule has 4 heteroatoms. The van der Waals surface area contributed by atoms with Crippen molar-refractivity contribution in [3.05, 3.63) is 36.5 Å². The molecule has 0 aromatic carbocycles. The van der Waals surface area contributed by atoms with Gasteiger partial charge in [-0.25, -0.2) is 0 Å². The second-order valence-corrected chi connectivity index (χ2v) is 2.85. The molecule has 0 spiro atoms. The zero-order chi connectivity index (χ0) is 10.7. The summed E-state index contributed by atoms with van der Waals surface area (Å²) in [5, 5.41) is 0. The summed E-state index contributed by atoms with van der Waals surface area (Å²) in [7, 11) is 0. The van der Waals surface area contributed by atoms with E-state index < -0.39 is 0 Å². The fourth-order valence-corrected chi connectivity index (χ4v) is 1.27. The fourth-order valence-electron chi connectivity index (χ4n) is 1.27. The van der Waals surface area contributed by atoms with Crippen molar-refractivity contribution in [2.24, 2.45) is 5.73 Å². The van der Waals surface area contributed by atoms with Crippen LogP contribution >= 0.6 is 0 Å². The first-order valence-corrected chi connectivity index (χ1v) is 4.21. The smallest absolute Gasteiger partial charge is 0.261 e. The van der Waals surface area contributed by atoms with Crippen LogP contribution in [-0.2, 0) is 9.59 Å². The van der Waals surface area contributed by atoms with Crippen LogP contribution < -0.4 is 5.73 Å². The average Bonchev–Trinajstić information content (AvgIpc) is 2.36. The lowest BCUT2D eigenvalue weighted by atomic mass is 10.1. The van der Waals surface area contributed by atoms with E-state index >= 15 is 0 Å². The van der Waals surface area contributed by atoms with Gasteiger partial charge in [-0.2, -0.15) is 0 Å². The zero-order valence-electron chi connectivity index (χ0n) is 7.82. The highest BCUT2D eigenvalue weighted by molar-refractivity contribution is 6.24. The van der Waals surface area contributed by atoms with Crippen LogP contribution in [0.1, 0.15) is 0 Å². The topological polar surface area (TPSA) is 63.4 Å². The minimum absolute atomic E-state index is 0.211. The lowest BCUT2D eigenvalue weighted by Gasteiger charge is -2.10. The van der Waals surface area contributed by atoms with Gasteiger partial charge in [-0.3, -0.25) is 14.5 Å². The van der Waals surface area contributed by atoms with E-state index in [-0.39, 0.29) is 30.5 Å². The van der Waals surface area contributed by atoms with Crippen molar-refractivity contribution in [3.63, 3.8) is 0 Å². The SMILES string of the molecule is C=C/C=C1\C(=C)C(=O)N(CCN)C1=O. The highest BCUT2D eigenvalue weighted by atomic mass is 16.2. The molecule has 0 radical (unpaired) electrons. The van der Waals surface area contributed by atoms with E-state index in [4.69, 9.17) is 5.73 Å². The van der Waals surface area contributed by atoms with Gasteiger partial charge >= 0.3 is 0 Å². The highest BCUT2D eigenvalue weighted by Gasteiger charge is 2.36. The number of imide groups is 1. The average molecular weight is 192 g/mol. The Kier molecular flexibility index (Phi) is 2.99. The molecule has 2 N–H and O–H groups in total. The van der Waals surface area contributed by atoms with E-state index in [9.17, 15) is 9.59 Å². The van der Waals surface area contributed by atoms with Crippen LogP contribution in [0.5, 0.6) is 0 Å². The number of hydrogen-bond acceptors (Lipinski definition) is 3. The highest BCUT2D eigenvalue weighted by Crippen LogP contribution is 2.22. The van der Waals surface area contributed by atoms with Crippen molar-refractivity contribution in [2.75, 3.05) is 13.1 Å². The summed E-state index contributed by atoms with van der Waals surface area (Å²) >= 11 is 0. The van der Waals surface area contributed by atoms with Gasteiger partial charge in [0.25, 0.3) is 11.8 Å². The Morgan fingerprint density at radius 3 is 2.50 bits per heavy atom. The van der Waals surface area contributed by atoms with E-state index in [0.29, 0.717) is 5.57 Å². The second kappa shape index (κ2) is 4.02. The molecule has 2 amide bonds. The van der Waals surface area contributed by atoms with Crippen LogP contribution in [0, 0.1) is 0 Å².